The van der Waals surface area contributed by atoms with Gasteiger partial charge in [-0.2, -0.15) is 0 Å². The molecule has 2 amide bonds. The van der Waals surface area contributed by atoms with E-state index in [-0.39, 0.29) is 0 Å². The Morgan fingerprint density at radius 3 is 2.14 bits per heavy atom. The molecule has 0 aromatic heterocycles. The van der Waals surface area contributed by atoms with Crippen LogP contribution in [-0.4, -0.2) is 86.3 Å². The summed E-state index contributed by atoms with van der Waals surface area (Å²) in [6.07, 6.45) is -0.958. The predicted molar refractivity (Wildman–Crippen MR) is 96.3 cm³/mol. The van der Waals surface area contributed by atoms with E-state index in [1.165, 1.54) is 0 Å². The van der Waals surface area contributed by atoms with Crippen molar-refractivity contribution >= 4 is 29.1 Å². The fraction of sp³-hybridized carbons (Fsp3) is 0.786. The first kappa shape index (κ1) is 24.4. The molecule has 1 fully saturated rings. The van der Waals surface area contributed by atoms with Gasteiger partial charge in [0, 0.05) is 0 Å². The summed E-state index contributed by atoms with van der Waals surface area (Å²) >= 11 is -1.98. The molecule has 0 aromatic rings. The van der Waals surface area contributed by atoms with Crippen LogP contribution in [0.15, 0.2) is 0 Å². The van der Waals surface area contributed by atoms with Gasteiger partial charge in [0.05, 0.1) is 7.11 Å². The maximum absolute atomic E-state index is 12.2. The van der Waals surface area contributed by atoms with Crippen LogP contribution in [-0.2, 0) is 30.2 Å². The summed E-state index contributed by atoms with van der Waals surface area (Å²) in [5.74, 6) is -2.86. The summed E-state index contributed by atoms with van der Waals surface area (Å²) in [7, 11) is 1.05. The lowest BCUT2D eigenvalue weighted by Crippen LogP contribution is -2.71. The van der Waals surface area contributed by atoms with Crippen LogP contribution in [0.1, 0.15) is 20.8 Å². The van der Waals surface area contributed by atoms with Crippen LogP contribution in [0.3, 0.4) is 0 Å². The van der Waals surface area contributed by atoms with E-state index in [4.69, 9.17) is 4.74 Å². The van der Waals surface area contributed by atoms with Gasteiger partial charge in [0.15, 0.2) is 24.9 Å². The smallest absolute Gasteiger partial charge is 0.492 e. The minimum atomic E-state index is -2.47. The van der Waals surface area contributed by atoms with E-state index in [0.717, 1.165) is 12.0 Å². The highest BCUT2D eigenvalue weighted by Crippen LogP contribution is 2.25. The highest BCUT2D eigenvalue weighted by atomic mass is 32.2. The number of rotatable bonds is 8. The van der Waals surface area contributed by atoms with Crippen LogP contribution in [0.4, 0.5) is 4.79 Å². The van der Waals surface area contributed by atoms with Crippen LogP contribution in [0.5, 0.6) is 0 Å². The lowest BCUT2D eigenvalue weighted by molar-refractivity contribution is -0.809. The van der Waals surface area contributed by atoms with Crippen molar-refractivity contribution in [2.45, 2.75) is 38.1 Å². The van der Waals surface area contributed by atoms with Crippen LogP contribution in [0.2, 0.25) is 0 Å². The predicted octanol–water partition coefficient (Wildman–Crippen LogP) is -1.11. The summed E-state index contributed by atoms with van der Waals surface area (Å²) in [6.45, 7) is 3.29. The lowest BCUT2D eigenvalue weighted by Gasteiger charge is -2.35. The molecule has 1 aliphatic rings. The van der Waals surface area contributed by atoms with E-state index in [0.29, 0.717) is 0 Å². The Bertz CT molecular complexity index is 672. The Kier molecular flexibility index (Phi) is 7.74. The first-order chi connectivity index (χ1) is 13.2. The van der Waals surface area contributed by atoms with Crippen molar-refractivity contribution in [3.05, 3.63) is 20.2 Å². The number of likely N-dealkylation sites (tertiary alicyclic amines) is 1. The Morgan fingerprint density at radius 2 is 1.72 bits per heavy atom. The van der Waals surface area contributed by atoms with Crippen LogP contribution in [0.25, 0.3) is 0 Å². The molecule has 15 heteroatoms. The van der Waals surface area contributed by atoms with Crippen molar-refractivity contribution in [3.8, 4) is 0 Å². The Hall–Kier alpha value is -2.68. The van der Waals surface area contributed by atoms with Crippen LogP contribution < -0.4 is 5.32 Å². The van der Waals surface area contributed by atoms with Gasteiger partial charge in [0.2, 0.25) is 0 Å². The van der Waals surface area contributed by atoms with E-state index in [1.54, 1.807) is 20.8 Å². The molecule has 1 aliphatic heterocycles. The fourth-order valence-electron chi connectivity index (χ4n) is 2.27. The molecule has 1 saturated heterocycles. The van der Waals surface area contributed by atoms with Crippen LogP contribution in [0, 0.1) is 20.2 Å². The summed E-state index contributed by atoms with van der Waals surface area (Å²) < 4.78 is 21.7. The third-order valence-corrected chi connectivity index (χ3v) is 5.01. The Balaban J connectivity index is 2.65. The molecule has 1 unspecified atom stereocenters. The number of hydrogen-bond acceptors (Lipinski definition) is 10. The van der Waals surface area contributed by atoms with Gasteiger partial charge in [-0.25, -0.2) is 9.59 Å². The maximum Gasteiger partial charge on any atom is 0.492 e. The number of hydrogen-bond donors (Lipinski definition) is 1. The zero-order valence-corrected chi connectivity index (χ0v) is 17.1. The van der Waals surface area contributed by atoms with Crippen molar-refractivity contribution in [1.82, 2.24) is 10.2 Å². The normalized spacial score (nSPS) is 17.3. The van der Waals surface area contributed by atoms with Gasteiger partial charge >= 0.3 is 17.7 Å². The number of carbonyl (C=O) groups excluding carboxylic acids is 3. The topological polar surface area (TPSA) is 194 Å². The number of nitrogens with one attached hydrogen (secondary N) is 1. The van der Waals surface area contributed by atoms with Crippen molar-refractivity contribution in [2.24, 2.45) is 0 Å². The second-order valence-corrected chi connectivity index (χ2v) is 8.72. The van der Waals surface area contributed by atoms with Crippen molar-refractivity contribution < 1.29 is 38.3 Å². The second kappa shape index (κ2) is 9.21. The zero-order chi connectivity index (χ0) is 22.6. The fourth-order valence-corrected chi connectivity index (χ4v) is 3.44. The molecule has 1 N–H and O–H groups in total. The minimum absolute atomic E-state index is 0.485. The molecule has 0 aliphatic carbocycles. The van der Waals surface area contributed by atoms with Crippen molar-refractivity contribution in [2.75, 3.05) is 31.7 Å². The summed E-state index contributed by atoms with van der Waals surface area (Å²) in [5, 5.41) is 23.9. The van der Waals surface area contributed by atoms with E-state index in [2.05, 4.69) is 10.1 Å². The molecule has 29 heavy (non-hydrogen) atoms. The number of nitrogens with zero attached hydrogens (tertiary/aromatic N) is 3. The molecule has 0 bridgehead atoms. The highest BCUT2D eigenvalue weighted by molar-refractivity contribution is 7.92. The summed E-state index contributed by atoms with van der Waals surface area (Å²) in [4.78, 5) is 56.1. The van der Waals surface area contributed by atoms with E-state index >= 15 is 0 Å². The van der Waals surface area contributed by atoms with Crippen LogP contribution >= 0.6 is 0 Å². The molecule has 1 heterocycles. The Labute approximate surface area is 168 Å². The maximum atomic E-state index is 12.2. The number of amides is 2. The molecule has 14 nitrogen and oxygen atoms in total. The van der Waals surface area contributed by atoms with Gasteiger partial charge in [-0.3, -0.25) is 25.0 Å². The number of esters is 1. The largest absolute Gasteiger partial charge is 0.616 e. The van der Waals surface area contributed by atoms with Gasteiger partial charge in [-0.15, -0.1) is 0 Å². The quantitative estimate of drug-likeness (QED) is 0.160. The van der Waals surface area contributed by atoms with E-state index < -0.39 is 80.9 Å². The first-order valence-electron chi connectivity index (χ1n) is 8.21. The monoisotopic (exact) mass is 438 g/mol. The molecule has 2 atom stereocenters. The molecule has 1 rings (SSSR count). The third kappa shape index (κ3) is 6.42. The van der Waals surface area contributed by atoms with Gasteiger partial charge in [-0.1, -0.05) is 0 Å². The summed E-state index contributed by atoms with van der Waals surface area (Å²) in [5.41, 5.74) is -3.32. The molecular weight excluding hydrogens is 416 g/mol. The molecular formula is C14H22N4O10S. The second-order valence-electron chi connectivity index (χ2n) is 7.22. The average molecular weight is 438 g/mol. The number of methoxy groups -OCH3 is 1. The molecule has 0 radical (unpaired) electrons. The van der Waals surface area contributed by atoms with E-state index in [9.17, 15) is 39.2 Å². The lowest BCUT2D eigenvalue weighted by atomic mass is 10.0. The van der Waals surface area contributed by atoms with Gasteiger partial charge in [0.1, 0.15) is 21.2 Å². The van der Waals surface area contributed by atoms with Gasteiger partial charge in [-0.05, 0) is 31.9 Å². The average Bonchev–Trinajstić information content (AvgIpc) is 2.49. The first-order valence-corrected chi connectivity index (χ1v) is 9.69. The van der Waals surface area contributed by atoms with Crippen molar-refractivity contribution in [3.63, 3.8) is 0 Å². The summed E-state index contributed by atoms with van der Waals surface area (Å²) in [6, 6.07) is -1.36. The Morgan fingerprint density at radius 1 is 1.21 bits per heavy atom. The molecule has 0 spiro atoms. The number of nitro groups is 2. The van der Waals surface area contributed by atoms with Gasteiger partial charge in [0.25, 0.3) is 5.91 Å². The number of alkyl carbamates (subject to hydrolysis) is 1. The highest BCUT2D eigenvalue weighted by Gasteiger charge is 2.67. The SMILES string of the molecule is COC(=O)[C@H](C[S+]([O-])CC(=O)N1CC([N+](=O)[O-])([N+](=O)[O-])C1)NC(=O)OC(C)(C)C. The number of ether oxygens (including phenoxy) is 2. The number of carbonyl (C=O) groups is 3. The van der Waals surface area contributed by atoms with Gasteiger partial charge < -0.3 is 24.2 Å². The van der Waals surface area contributed by atoms with Crippen molar-refractivity contribution in [1.29, 1.82) is 0 Å². The minimum Gasteiger partial charge on any atom is -0.616 e. The molecule has 0 saturated carbocycles. The van der Waals surface area contributed by atoms with E-state index in [1.807, 2.05) is 0 Å². The molecule has 0 aromatic carbocycles. The zero-order valence-electron chi connectivity index (χ0n) is 16.2. The molecule has 164 valence electrons. The standard InChI is InChI=1S/C14H22N4O10S/c1-13(2,3)28-12(21)15-9(11(20)27-4)5-29(26)6-10(19)16-7-14(8-16,17(22)23)18(24)25/h9H,5-8H2,1-4H3,(H,15,21)/t9-,29?/m0/s1. The third-order valence-electron chi connectivity index (χ3n) is 3.73.